The molecule has 8 nitrogen and oxygen atoms in total. The van der Waals surface area contributed by atoms with Gasteiger partial charge < -0.3 is 15.4 Å². The van der Waals surface area contributed by atoms with Gasteiger partial charge in [0.2, 0.25) is 5.88 Å². The minimum atomic E-state index is -4.81. The number of rotatable bonds is 8. The summed E-state index contributed by atoms with van der Waals surface area (Å²) in [5, 5.41) is 8.51. The standard InChI is InChI=1S/C24H26F3N5O3/c1-23(2,3)15-35-19-10-9-16(13-30-19)21(33)28-11-12-29-22(34)18-14-32(17-7-5-4-6-8-17)31-20(18)24(25,26)27/h4-10,13-14H,11-12,15H2,1-3H3,(H,28,33)(H,29,34). The van der Waals surface area contributed by atoms with Gasteiger partial charge in [-0.2, -0.15) is 18.3 Å². The fourth-order valence-corrected chi connectivity index (χ4v) is 2.90. The molecule has 0 atom stereocenters. The Kier molecular flexibility index (Phi) is 7.78. The van der Waals surface area contributed by atoms with Crippen LogP contribution >= 0.6 is 0 Å². The van der Waals surface area contributed by atoms with Crippen LogP contribution in [0, 0.1) is 5.41 Å². The van der Waals surface area contributed by atoms with E-state index in [9.17, 15) is 22.8 Å². The number of ether oxygens (including phenoxy) is 1. The molecule has 0 saturated carbocycles. The van der Waals surface area contributed by atoms with E-state index >= 15 is 0 Å². The Morgan fingerprint density at radius 2 is 1.63 bits per heavy atom. The zero-order valence-corrected chi connectivity index (χ0v) is 19.5. The minimum Gasteiger partial charge on any atom is -0.477 e. The molecule has 0 unspecified atom stereocenters. The smallest absolute Gasteiger partial charge is 0.435 e. The molecule has 0 bridgehead atoms. The van der Waals surface area contributed by atoms with Crippen LogP contribution in [0.1, 0.15) is 47.2 Å². The third-order valence-electron chi connectivity index (χ3n) is 4.60. The average molecular weight is 489 g/mol. The highest BCUT2D eigenvalue weighted by Gasteiger charge is 2.39. The van der Waals surface area contributed by atoms with Gasteiger partial charge in [0.1, 0.15) is 0 Å². The minimum absolute atomic E-state index is 0.00101. The lowest BCUT2D eigenvalue weighted by Gasteiger charge is -2.18. The molecule has 2 aromatic heterocycles. The Morgan fingerprint density at radius 1 is 0.971 bits per heavy atom. The highest BCUT2D eigenvalue weighted by Crippen LogP contribution is 2.31. The number of alkyl halides is 3. The zero-order valence-electron chi connectivity index (χ0n) is 19.5. The lowest BCUT2D eigenvalue weighted by Crippen LogP contribution is -2.35. The molecule has 1 aromatic carbocycles. The summed E-state index contributed by atoms with van der Waals surface area (Å²) in [4.78, 5) is 28.8. The summed E-state index contributed by atoms with van der Waals surface area (Å²) in [5.41, 5.74) is -1.27. The maximum Gasteiger partial charge on any atom is 0.435 e. The van der Waals surface area contributed by atoms with Gasteiger partial charge in [0.25, 0.3) is 11.8 Å². The quantitative estimate of drug-likeness (QED) is 0.468. The van der Waals surface area contributed by atoms with E-state index in [-0.39, 0.29) is 24.1 Å². The molecule has 2 heterocycles. The fraction of sp³-hybridized carbons (Fsp3) is 0.333. The van der Waals surface area contributed by atoms with Gasteiger partial charge in [-0.05, 0) is 23.6 Å². The Morgan fingerprint density at radius 3 is 2.20 bits per heavy atom. The number of pyridine rings is 1. The fourth-order valence-electron chi connectivity index (χ4n) is 2.90. The number of benzene rings is 1. The van der Waals surface area contributed by atoms with Crippen LogP contribution < -0.4 is 15.4 Å². The van der Waals surface area contributed by atoms with E-state index in [0.29, 0.717) is 18.2 Å². The summed E-state index contributed by atoms with van der Waals surface area (Å²) < 4.78 is 46.8. The third-order valence-corrected chi connectivity index (χ3v) is 4.60. The highest BCUT2D eigenvalue weighted by atomic mass is 19.4. The van der Waals surface area contributed by atoms with Crippen LogP contribution in [0.5, 0.6) is 5.88 Å². The van der Waals surface area contributed by atoms with E-state index in [0.717, 1.165) is 10.9 Å². The van der Waals surface area contributed by atoms with Gasteiger partial charge in [0, 0.05) is 31.5 Å². The molecule has 0 aliphatic rings. The number of aromatic nitrogens is 3. The van der Waals surface area contributed by atoms with Crippen molar-refractivity contribution in [3.63, 3.8) is 0 Å². The van der Waals surface area contributed by atoms with Crippen molar-refractivity contribution in [2.24, 2.45) is 5.41 Å². The van der Waals surface area contributed by atoms with Gasteiger partial charge >= 0.3 is 6.18 Å². The van der Waals surface area contributed by atoms with Crippen LogP contribution in [0.2, 0.25) is 0 Å². The predicted octanol–water partition coefficient (Wildman–Crippen LogP) is 3.87. The number of hydrogen-bond donors (Lipinski definition) is 2. The second-order valence-corrected chi connectivity index (χ2v) is 8.92. The Hall–Kier alpha value is -3.89. The molecule has 0 radical (unpaired) electrons. The van der Waals surface area contributed by atoms with Crippen molar-refractivity contribution in [3.05, 3.63) is 71.7 Å². The first-order valence-electron chi connectivity index (χ1n) is 10.8. The molecule has 2 amide bonds. The molecular weight excluding hydrogens is 463 g/mol. The number of hydrogen-bond acceptors (Lipinski definition) is 5. The lowest BCUT2D eigenvalue weighted by molar-refractivity contribution is -0.141. The Bertz CT molecular complexity index is 1150. The number of nitrogens with zero attached hydrogens (tertiary/aromatic N) is 3. The topological polar surface area (TPSA) is 98.1 Å². The summed E-state index contributed by atoms with van der Waals surface area (Å²) in [6.07, 6.45) is -2.42. The molecule has 0 saturated heterocycles. The maximum absolute atomic E-state index is 13.4. The monoisotopic (exact) mass is 489 g/mol. The molecule has 2 N–H and O–H groups in total. The Labute approximate surface area is 200 Å². The van der Waals surface area contributed by atoms with Gasteiger partial charge in [-0.25, -0.2) is 9.67 Å². The number of carbonyl (C=O) groups is 2. The van der Waals surface area contributed by atoms with E-state index in [1.54, 1.807) is 42.5 Å². The first-order chi connectivity index (χ1) is 16.4. The molecular formula is C24H26F3N5O3. The molecule has 0 fully saturated rings. The van der Waals surface area contributed by atoms with Crippen molar-refractivity contribution in [2.45, 2.75) is 26.9 Å². The van der Waals surface area contributed by atoms with Crippen LogP contribution in [0.15, 0.2) is 54.9 Å². The second kappa shape index (κ2) is 10.6. The van der Waals surface area contributed by atoms with E-state index in [1.165, 1.54) is 6.20 Å². The normalized spacial score (nSPS) is 11.7. The van der Waals surface area contributed by atoms with Gasteiger partial charge in [-0.1, -0.05) is 39.0 Å². The van der Waals surface area contributed by atoms with Crippen LogP contribution in [0.3, 0.4) is 0 Å². The van der Waals surface area contributed by atoms with Crippen molar-refractivity contribution < 1.29 is 27.5 Å². The van der Waals surface area contributed by atoms with Crippen molar-refractivity contribution in [2.75, 3.05) is 19.7 Å². The summed E-state index contributed by atoms with van der Waals surface area (Å²) in [6.45, 7) is 6.44. The maximum atomic E-state index is 13.4. The van der Waals surface area contributed by atoms with Gasteiger partial charge in [-0.15, -0.1) is 0 Å². The number of carbonyl (C=O) groups excluding carboxylic acids is 2. The number of halogens is 3. The van der Waals surface area contributed by atoms with E-state index in [4.69, 9.17) is 4.74 Å². The lowest BCUT2D eigenvalue weighted by atomic mass is 9.99. The van der Waals surface area contributed by atoms with Crippen LogP contribution in [0.25, 0.3) is 5.69 Å². The number of amides is 2. The molecule has 11 heteroatoms. The average Bonchev–Trinajstić information content (AvgIpc) is 3.27. The first-order valence-corrected chi connectivity index (χ1v) is 10.8. The summed E-state index contributed by atoms with van der Waals surface area (Å²) in [5.74, 6) is -1.00. The molecule has 0 aliphatic heterocycles. The van der Waals surface area contributed by atoms with Crippen molar-refractivity contribution in [3.8, 4) is 11.6 Å². The number of nitrogens with one attached hydrogen (secondary N) is 2. The summed E-state index contributed by atoms with van der Waals surface area (Å²) in [6, 6.07) is 11.3. The van der Waals surface area contributed by atoms with Crippen molar-refractivity contribution >= 4 is 11.8 Å². The summed E-state index contributed by atoms with van der Waals surface area (Å²) >= 11 is 0. The van der Waals surface area contributed by atoms with E-state index in [2.05, 4.69) is 20.7 Å². The molecule has 35 heavy (non-hydrogen) atoms. The zero-order chi connectivity index (χ0) is 25.6. The predicted molar refractivity (Wildman–Crippen MR) is 122 cm³/mol. The highest BCUT2D eigenvalue weighted by molar-refractivity contribution is 5.96. The largest absolute Gasteiger partial charge is 0.477 e. The molecule has 3 rings (SSSR count). The molecule has 0 aliphatic carbocycles. The second-order valence-electron chi connectivity index (χ2n) is 8.92. The van der Waals surface area contributed by atoms with Gasteiger partial charge in [-0.3, -0.25) is 9.59 Å². The molecule has 186 valence electrons. The molecule has 0 spiro atoms. The SMILES string of the molecule is CC(C)(C)COc1ccc(C(=O)NCCNC(=O)c2cn(-c3ccccc3)nc2C(F)(F)F)cn1. The summed E-state index contributed by atoms with van der Waals surface area (Å²) in [7, 11) is 0. The van der Waals surface area contributed by atoms with Gasteiger partial charge in [0.15, 0.2) is 5.69 Å². The van der Waals surface area contributed by atoms with E-state index in [1.807, 2.05) is 20.8 Å². The van der Waals surface area contributed by atoms with E-state index < -0.39 is 29.2 Å². The van der Waals surface area contributed by atoms with Crippen LogP contribution in [-0.2, 0) is 6.18 Å². The Balaban J connectivity index is 1.55. The molecule has 3 aromatic rings. The third kappa shape index (κ3) is 7.29. The first kappa shape index (κ1) is 25.7. The van der Waals surface area contributed by atoms with Gasteiger partial charge in [0.05, 0.1) is 23.4 Å². The van der Waals surface area contributed by atoms with Crippen molar-refractivity contribution in [1.82, 2.24) is 25.4 Å². The van der Waals surface area contributed by atoms with Crippen LogP contribution in [-0.4, -0.2) is 46.3 Å². The number of para-hydroxylation sites is 1. The van der Waals surface area contributed by atoms with Crippen LogP contribution in [0.4, 0.5) is 13.2 Å². The van der Waals surface area contributed by atoms with Crippen molar-refractivity contribution in [1.29, 1.82) is 0 Å².